The van der Waals surface area contributed by atoms with Crippen molar-refractivity contribution < 1.29 is 14.3 Å². The van der Waals surface area contributed by atoms with E-state index >= 15 is 0 Å². The summed E-state index contributed by atoms with van der Waals surface area (Å²) in [5, 5.41) is 9.13. The minimum Gasteiger partial charge on any atom is -0.509 e. The van der Waals surface area contributed by atoms with Crippen LogP contribution in [0.4, 0.5) is 4.39 Å². The number of aliphatic hydroxyl groups excluding tert-OH is 1. The fourth-order valence-corrected chi connectivity index (χ4v) is 0.785. The second-order valence-corrected chi connectivity index (χ2v) is 4.07. The highest BCUT2D eigenvalue weighted by molar-refractivity contribution is 5.90. The van der Waals surface area contributed by atoms with Crippen molar-refractivity contribution in [2.24, 2.45) is 5.92 Å². The molecule has 0 bridgehead atoms. The third-order valence-corrected chi connectivity index (χ3v) is 1.52. The van der Waals surface area contributed by atoms with Crippen molar-refractivity contribution in [3.05, 3.63) is 11.8 Å². The Labute approximate surface area is 78.5 Å². The molecule has 0 aliphatic heterocycles. The molecule has 1 N–H and O–H groups in total. The number of alkyl halides is 1. The molecular weight excluding hydrogens is 171 g/mol. The largest absolute Gasteiger partial charge is 0.509 e. The highest BCUT2D eigenvalue weighted by Gasteiger charge is 2.22. The number of carbonyl (C=O) groups excluding carboxylic acids is 1. The molecule has 0 aliphatic carbocycles. The topological polar surface area (TPSA) is 37.3 Å². The van der Waals surface area contributed by atoms with Crippen LogP contribution in [0.3, 0.4) is 0 Å². The van der Waals surface area contributed by atoms with Crippen molar-refractivity contribution in [3.8, 4) is 0 Å². The van der Waals surface area contributed by atoms with Gasteiger partial charge in [-0.05, 0) is 19.8 Å². The number of halogens is 1. The second-order valence-electron chi connectivity index (χ2n) is 4.07. The van der Waals surface area contributed by atoms with E-state index in [1.54, 1.807) is 0 Å². The average molecular weight is 188 g/mol. The van der Waals surface area contributed by atoms with E-state index in [1.165, 1.54) is 13.8 Å². The molecule has 3 heteroatoms. The fourth-order valence-electron chi connectivity index (χ4n) is 0.785. The van der Waals surface area contributed by atoms with Crippen molar-refractivity contribution in [3.63, 3.8) is 0 Å². The van der Waals surface area contributed by atoms with Crippen molar-refractivity contribution >= 4 is 5.78 Å². The maximum absolute atomic E-state index is 13.0. The van der Waals surface area contributed by atoms with Crippen LogP contribution in [0.1, 0.15) is 34.1 Å². The van der Waals surface area contributed by atoms with Crippen molar-refractivity contribution in [2.75, 3.05) is 0 Å². The maximum atomic E-state index is 13.0. The van der Waals surface area contributed by atoms with Crippen LogP contribution < -0.4 is 0 Å². The lowest BCUT2D eigenvalue weighted by Gasteiger charge is -2.12. The van der Waals surface area contributed by atoms with Crippen LogP contribution in [0.25, 0.3) is 0 Å². The number of ketones is 1. The molecule has 0 saturated heterocycles. The van der Waals surface area contributed by atoms with Gasteiger partial charge < -0.3 is 5.11 Å². The molecule has 0 fully saturated rings. The standard InChI is InChI=1S/C10H17FO2/c1-7(2)5-8(12)6-9(13)10(3,4)11/h6-7,13H,5H2,1-4H3/b9-6-. The lowest BCUT2D eigenvalue weighted by Crippen LogP contribution is -2.17. The maximum Gasteiger partial charge on any atom is 0.161 e. The third kappa shape index (κ3) is 5.39. The van der Waals surface area contributed by atoms with Gasteiger partial charge in [-0.15, -0.1) is 0 Å². The molecule has 0 aromatic heterocycles. The van der Waals surface area contributed by atoms with E-state index < -0.39 is 11.4 Å². The first-order valence-corrected chi connectivity index (χ1v) is 4.36. The van der Waals surface area contributed by atoms with Gasteiger partial charge in [0.25, 0.3) is 0 Å². The third-order valence-electron chi connectivity index (χ3n) is 1.52. The Kier molecular flexibility index (Phi) is 4.11. The molecule has 0 aromatic rings. The molecule has 76 valence electrons. The lowest BCUT2D eigenvalue weighted by molar-refractivity contribution is -0.115. The van der Waals surface area contributed by atoms with Gasteiger partial charge in [0.15, 0.2) is 11.5 Å². The Morgan fingerprint density at radius 3 is 2.31 bits per heavy atom. The Balaban J connectivity index is 4.32. The summed E-state index contributed by atoms with van der Waals surface area (Å²) in [6.45, 7) is 6.20. The Hall–Kier alpha value is -0.860. The van der Waals surface area contributed by atoms with Crippen LogP contribution in [0.15, 0.2) is 11.8 Å². The molecule has 0 unspecified atom stereocenters. The summed E-state index contributed by atoms with van der Waals surface area (Å²) >= 11 is 0. The quantitative estimate of drug-likeness (QED) is 0.544. The highest BCUT2D eigenvalue weighted by atomic mass is 19.1. The number of carbonyl (C=O) groups is 1. The fraction of sp³-hybridized carbons (Fsp3) is 0.700. The summed E-state index contributed by atoms with van der Waals surface area (Å²) in [5.74, 6) is -0.518. The van der Waals surface area contributed by atoms with Gasteiger partial charge in [-0.25, -0.2) is 4.39 Å². The summed E-state index contributed by atoms with van der Waals surface area (Å²) in [4.78, 5) is 11.1. The zero-order valence-electron chi connectivity index (χ0n) is 8.60. The first kappa shape index (κ1) is 12.1. The predicted octanol–water partition coefficient (Wildman–Crippen LogP) is 2.79. The minimum absolute atomic E-state index is 0.222. The zero-order chi connectivity index (χ0) is 10.6. The molecule has 2 nitrogen and oxygen atoms in total. The van der Waals surface area contributed by atoms with Crippen LogP contribution in [0.2, 0.25) is 0 Å². The molecule has 0 spiro atoms. The molecule has 0 aromatic carbocycles. The molecule has 0 atom stereocenters. The van der Waals surface area contributed by atoms with Gasteiger partial charge in [-0.1, -0.05) is 13.8 Å². The number of rotatable bonds is 4. The first-order valence-electron chi connectivity index (χ1n) is 4.36. The number of hydrogen-bond donors (Lipinski definition) is 1. The summed E-state index contributed by atoms with van der Waals surface area (Å²) < 4.78 is 13.0. The smallest absolute Gasteiger partial charge is 0.161 e. The van der Waals surface area contributed by atoms with Gasteiger partial charge in [-0.2, -0.15) is 0 Å². The van der Waals surface area contributed by atoms with E-state index in [-0.39, 0.29) is 11.7 Å². The van der Waals surface area contributed by atoms with Gasteiger partial charge >= 0.3 is 0 Å². The molecule has 0 aliphatic rings. The van der Waals surface area contributed by atoms with Gasteiger partial charge in [0.1, 0.15) is 5.76 Å². The van der Waals surface area contributed by atoms with E-state index in [9.17, 15) is 9.18 Å². The predicted molar refractivity (Wildman–Crippen MR) is 50.4 cm³/mol. The monoisotopic (exact) mass is 188 g/mol. The van der Waals surface area contributed by atoms with Crippen LogP contribution in [-0.4, -0.2) is 16.6 Å². The van der Waals surface area contributed by atoms with Crippen molar-refractivity contribution in [1.82, 2.24) is 0 Å². The van der Waals surface area contributed by atoms with Gasteiger partial charge in [-0.3, -0.25) is 4.79 Å². The van der Waals surface area contributed by atoms with E-state index in [4.69, 9.17) is 5.11 Å². The second kappa shape index (κ2) is 4.40. The van der Waals surface area contributed by atoms with E-state index in [0.29, 0.717) is 6.42 Å². The molecule has 0 heterocycles. The summed E-state index contributed by atoms with van der Waals surface area (Å²) in [6, 6.07) is 0. The summed E-state index contributed by atoms with van der Waals surface area (Å²) in [6.07, 6.45) is 1.31. The number of allylic oxidation sites excluding steroid dienone is 2. The summed E-state index contributed by atoms with van der Waals surface area (Å²) in [7, 11) is 0. The molecule has 0 saturated carbocycles. The minimum atomic E-state index is -1.83. The van der Waals surface area contributed by atoms with Gasteiger partial charge in [0.05, 0.1) is 0 Å². The molecular formula is C10H17FO2. The van der Waals surface area contributed by atoms with Gasteiger partial charge in [0.2, 0.25) is 0 Å². The van der Waals surface area contributed by atoms with Gasteiger partial charge in [0, 0.05) is 12.5 Å². The highest BCUT2D eigenvalue weighted by Crippen LogP contribution is 2.18. The SMILES string of the molecule is CC(C)CC(=O)/C=C(\O)C(C)(C)F. The molecule has 0 radical (unpaired) electrons. The molecule has 13 heavy (non-hydrogen) atoms. The Bertz CT molecular complexity index is 211. The molecule has 0 amide bonds. The van der Waals surface area contributed by atoms with Crippen molar-refractivity contribution in [1.29, 1.82) is 0 Å². The number of aliphatic hydroxyl groups is 1. The average Bonchev–Trinajstić information content (AvgIpc) is 1.82. The van der Waals surface area contributed by atoms with Crippen LogP contribution in [0.5, 0.6) is 0 Å². The van der Waals surface area contributed by atoms with E-state index in [0.717, 1.165) is 6.08 Å². The Morgan fingerprint density at radius 2 is 2.00 bits per heavy atom. The molecule has 0 rings (SSSR count). The van der Waals surface area contributed by atoms with Crippen LogP contribution >= 0.6 is 0 Å². The van der Waals surface area contributed by atoms with E-state index in [1.807, 2.05) is 13.8 Å². The van der Waals surface area contributed by atoms with Crippen LogP contribution in [0, 0.1) is 5.92 Å². The number of hydrogen-bond acceptors (Lipinski definition) is 2. The van der Waals surface area contributed by atoms with Crippen LogP contribution in [-0.2, 0) is 4.79 Å². The normalized spacial score (nSPS) is 13.5. The van der Waals surface area contributed by atoms with Crippen molar-refractivity contribution in [2.45, 2.75) is 39.8 Å². The summed E-state index contributed by atoms with van der Waals surface area (Å²) in [5.41, 5.74) is -1.83. The lowest BCUT2D eigenvalue weighted by atomic mass is 10.0. The van der Waals surface area contributed by atoms with E-state index in [2.05, 4.69) is 0 Å². The zero-order valence-corrected chi connectivity index (χ0v) is 8.60. The Morgan fingerprint density at radius 1 is 1.54 bits per heavy atom. The first-order chi connectivity index (χ1) is 5.73.